The number of aromatic nitrogens is 1. The molecule has 1 aromatic carbocycles. The lowest BCUT2D eigenvalue weighted by molar-refractivity contribution is -0.120. The number of carbonyl (C=O) groups is 1. The second-order valence-corrected chi connectivity index (χ2v) is 6.14. The van der Waals surface area contributed by atoms with Gasteiger partial charge in [-0.25, -0.2) is 4.79 Å². The van der Waals surface area contributed by atoms with Crippen molar-refractivity contribution in [2.45, 2.75) is 19.9 Å². The molecule has 7 heteroatoms. The Hall–Kier alpha value is -3.22. The standard InChI is InChI=1S/C20H22N2O5/c1-13-15(12-18(23)21-6-9-22-7-4-5-8-22)20(24)27-17-11-14(25-2)10-16(26-3)19(13)17/h4-5,7-8,10-11H,6,9,12H2,1-3H3,(H,21,23). The Morgan fingerprint density at radius 3 is 2.59 bits per heavy atom. The van der Waals surface area contributed by atoms with E-state index >= 15 is 0 Å². The van der Waals surface area contributed by atoms with Crippen LogP contribution in [0.1, 0.15) is 11.1 Å². The van der Waals surface area contributed by atoms with Crippen LogP contribution >= 0.6 is 0 Å². The highest BCUT2D eigenvalue weighted by atomic mass is 16.5. The maximum absolute atomic E-state index is 12.4. The number of rotatable bonds is 7. The van der Waals surface area contributed by atoms with Crippen molar-refractivity contribution < 1.29 is 18.7 Å². The third-order valence-electron chi connectivity index (χ3n) is 4.47. The fraction of sp³-hybridized carbons (Fsp3) is 0.300. The van der Waals surface area contributed by atoms with Crippen molar-refractivity contribution in [1.82, 2.24) is 9.88 Å². The third-order valence-corrected chi connectivity index (χ3v) is 4.47. The molecule has 0 saturated carbocycles. The first kappa shape index (κ1) is 18.6. The van der Waals surface area contributed by atoms with Crippen LogP contribution in [0.4, 0.5) is 0 Å². The second-order valence-electron chi connectivity index (χ2n) is 6.14. The fourth-order valence-electron chi connectivity index (χ4n) is 3.03. The maximum Gasteiger partial charge on any atom is 0.340 e. The summed E-state index contributed by atoms with van der Waals surface area (Å²) < 4.78 is 18.0. The molecule has 0 aliphatic carbocycles. The summed E-state index contributed by atoms with van der Waals surface area (Å²) in [5.74, 6) is 0.821. The zero-order chi connectivity index (χ0) is 19.4. The van der Waals surface area contributed by atoms with Crippen LogP contribution in [-0.2, 0) is 17.8 Å². The highest BCUT2D eigenvalue weighted by Crippen LogP contribution is 2.33. The Labute approximate surface area is 156 Å². The third kappa shape index (κ3) is 3.97. The zero-order valence-electron chi connectivity index (χ0n) is 15.6. The minimum Gasteiger partial charge on any atom is -0.496 e. The Kier molecular flexibility index (Phi) is 5.49. The summed E-state index contributed by atoms with van der Waals surface area (Å²) in [7, 11) is 3.06. The molecule has 0 spiro atoms. The van der Waals surface area contributed by atoms with Crippen molar-refractivity contribution in [2.24, 2.45) is 0 Å². The van der Waals surface area contributed by atoms with Gasteiger partial charge in [-0.1, -0.05) is 0 Å². The van der Waals surface area contributed by atoms with E-state index in [1.807, 2.05) is 29.1 Å². The van der Waals surface area contributed by atoms with E-state index < -0.39 is 5.63 Å². The van der Waals surface area contributed by atoms with E-state index in [-0.39, 0.29) is 12.3 Å². The number of carbonyl (C=O) groups excluding carboxylic acids is 1. The monoisotopic (exact) mass is 370 g/mol. The van der Waals surface area contributed by atoms with Crippen LogP contribution in [0.5, 0.6) is 11.5 Å². The first-order chi connectivity index (χ1) is 13.0. The number of nitrogens with one attached hydrogen (secondary N) is 1. The summed E-state index contributed by atoms with van der Waals surface area (Å²) >= 11 is 0. The number of fused-ring (bicyclic) bond motifs is 1. The topological polar surface area (TPSA) is 82.7 Å². The first-order valence-corrected chi connectivity index (χ1v) is 8.59. The van der Waals surface area contributed by atoms with E-state index in [0.717, 1.165) is 0 Å². The summed E-state index contributed by atoms with van der Waals surface area (Å²) in [6.07, 6.45) is 3.80. The van der Waals surface area contributed by atoms with Gasteiger partial charge in [0, 0.05) is 37.6 Å². The molecule has 0 atom stereocenters. The molecule has 0 saturated heterocycles. The van der Waals surface area contributed by atoms with E-state index in [9.17, 15) is 9.59 Å². The molecule has 0 aliphatic heterocycles. The number of nitrogens with zero attached hydrogens (tertiary/aromatic N) is 1. The fourth-order valence-corrected chi connectivity index (χ4v) is 3.03. The SMILES string of the molecule is COc1cc(OC)c2c(C)c(CC(=O)NCCn3cccc3)c(=O)oc2c1. The number of aryl methyl sites for hydroxylation is 1. The van der Waals surface area contributed by atoms with Crippen LogP contribution in [-0.4, -0.2) is 31.2 Å². The molecule has 27 heavy (non-hydrogen) atoms. The van der Waals surface area contributed by atoms with Gasteiger partial charge in [0.2, 0.25) is 5.91 Å². The summed E-state index contributed by atoms with van der Waals surface area (Å²) in [6.45, 7) is 2.93. The highest BCUT2D eigenvalue weighted by Gasteiger charge is 2.18. The first-order valence-electron chi connectivity index (χ1n) is 8.59. The van der Waals surface area contributed by atoms with Crippen molar-refractivity contribution >= 4 is 16.9 Å². The lowest BCUT2D eigenvalue weighted by Crippen LogP contribution is -2.30. The molecule has 0 radical (unpaired) electrons. The van der Waals surface area contributed by atoms with Gasteiger partial charge in [0.15, 0.2) is 0 Å². The van der Waals surface area contributed by atoms with Crippen molar-refractivity contribution in [1.29, 1.82) is 0 Å². The molecular weight excluding hydrogens is 348 g/mol. The number of ether oxygens (including phenoxy) is 2. The molecule has 0 aliphatic rings. The largest absolute Gasteiger partial charge is 0.496 e. The molecule has 0 fully saturated rings. The molecule has 0 bridgehead atoms. The van der Waals surface area contributed by atoms with E-state index in [4.69, 9.17) is 13.9 Å². The summed E-state index contributed by atoms with van der Waals surface area (Å²) in [4.78, 5) is 24.7. The van der Waals surface area contributed by atoms with E-state index in [1.54, 1.807) is 19.1 Å². The van der Waals surface area contributed by atoms with Gasteiger partial charge in [0.05, 0.1) is 31.6 Å². The summed E-state index contributed by atoms with van der Waals surface area (Å²) in [5, 5.41) is 3.49. The van der Waals surface area contributed by atoms with Crippen molar-refractivity contribution in [2.75, 3.05) is 20.8 Å². The summed E-state index contributed by atoms with van der Waals surface area (Å²) in [6, 6.07) is 7.20. The van der Waals surface area contributed by atoms with Gasteiger partial charge >= 0.3 is 5.63 Å². The van der Waals surface area contributed by atoms with Crippen LogP contribution in [0.3, 0.4) is 0 Å². The van der Waals surface area contributed by atoms with Crippen LogP contribution in [0.2, 0.25) is 0 Å². The maximum atomic E-state index is 12.4. The number of methoxy groups -OCH3 is 2. The smallest absolute Gasteiger partial charge is 0.340 e. The van der Waals surface area contributed by atoms with Crippen LogP contribution in [0.25, 0.3) is 11.0 Å². The summed E-state index contributed by atoms with van der Waals surface area (Å²) in [5.41, 5.74) is 0.826. The van der Waals surface area contributed by atoms with Crippen molar-refractivity contribution in [3.63, 3.8) is 0 Å². The van der Waals surface area contributed by atoms with Gasteiger partial charge < -0.3 is 23.8 Å². The average molecular weight is 370 g/mol. The van der Waals surface area contributed by atoms with Gasteiger partial charge in [-0.2, -0.15) is 0 Å². The van der Waals surface area contributed by atoms with Gasteiger partial charge in [-0.15, -0.1) is 0 Å². The minimum atomic E-state index is -0.532. The zero-order valence-corrected chi connectivity index (χ0v) is 15.6. The number of hydrogen-bond acceptors (Lipinski definition) is 5. The highest BCUT2D eigenvalue weighted by molar-refractivity contribution is 5.90. The van der Waals surface area contributed by atoms with Gasteiger partial charge in [-0.3, -0.25) is 4.79 Å². The quantitative estimate of drug-likeness (QED) is 0.645. The normalized spacial score (nSPS) is 10.8. The Balaban J connectivity index is 1.83. The molecule has 142 valence electrons. The van der Waals surface area contributed by atoms with Crippen molar-refractivity contribution in [3.8, 4) is 11.5 Å². The molecule has 2 aromatic heterocycles. The Bertz CT molecular complexity index is 1010. The Morgan fingerprint density at radius 1 is 1.19 bits per heavy atom. The Morgan fingerprint density at radius 2 is 1.93 bits per heavy atom. The second kappa shape index (κ2) is 7.99. The molecular formula is C20H22N2O5. The molecule has 7 nitrogen and oxygen atoms in total. The number of hydrogen-bond donors (Lipinski definition) is 1. The van der Waals surface area contributed by atoms with E-state index in [1.165, 1.54) is 14.2 Å². The minimum absolute atomic E-state index is 0.0506. The molecule has 2 heterocycles. The van der Waals surface area contributed by atoms with Gasteiger partial charge in [0.1, 0.15) is 17.1 Å². The predicted octanol–water partition coefficient (Wildman–Crippen LogP) is 2.28. The lowest BCUT2D eigenvalue weighted by Gasteiger charge is -2.13. The number of amides is 1. The predicted molar refractivity (Wildman–Crippen MR) is 101 cm³/mol. The van der Waals surface area contributed by atoms with E-state index in [2.05, 4.69) is 5.32 Å². The average Bonchev–Trinajstić information content (AvgIpc) is 3.17. The van der Waals surface area contributed by atoms with Crippen molar-refractivity contribution in [3.05, 3.63) is 58.2 Å². The number of benzene rings is 1. The van der Waals surface area contributed by atoms with Crippen LogP contribution in [0.15, 0.2) is 45.9 Å². The van der Waals surface area contributed by atoms with E-state index in [0.29, 0.717) is 46.7 Å². The van der Waals surface area contributed by atoms with Gasteiger partial charge in [-0.05, 0) is 24.6 Å². The van der Waals surface area contributed by atoms with Crippen LogP contribution < -0.4 is 20.4 Å². The molecule has 1 N–H and O–H groups in total. The molecule has 1 amide bonds. The lowest BCUT2D eigenvalue weighted by atomic mass is 10.0. The molecule has 3 aromatic rings. The molecule has 3 rings (SSSR count). The van der Waals surface area contributed by atoms with Gasteiger partial charge in [0.25, 0.3) is 0 Å². The van der Waals surface area contributed by atoms with Crippen LogP contribution in [0, 0.1) is 6.92 Å². The molecule has 0 unspecified atom stereocenters.